The number of rotatable bonds is 5. The van der Waals surface area contributed by atoms with Gasteiger partial charge in [0.25, 0.3) is 10.0 Å². The number of fused-ring (bicyclic) bond motifs is 1. The molecule has 1 heterocycles. The molecule has 0 radical (unpaired) electrons. The third kappa shape index (κ3) is 4.03. The number of nitrogens with one attached hydrogen (secondary N) is 1. The number of halogens is 2. The summed E-state index contributed by atoms with van der Waals surface area (Å²) in [7, 11) is 1.58. The van der Waals surface area contributed by atoms with E-state index in [1.165, 1.54) is 6.07 Å². The van der Waals surface area contributed by atoms with E-state index in [4.69, 9.17) is 32.7 Å². The van der Waals surface area contributed by atoms with Gasteiger partial charge >= 0.3 is 0 Å². The monoisotopic (exact) mass is 444 g/mol. The minimum Gasteiger partial charge on any atom is -0.496 e. The highest BCUT2D eigenvalue weighted by molar-refractivity contribution is 7.93. The van der Waals surface area contributed by atoms with Crippen molar-refractivity contribution in [3.63, 3.8) is 0 Å². The molecule has 1 atom stereocenters. The predicted molar refractivity (Wildman–Crippen MR) is 112 cm³/mol. The van der Waals surface area contributed by atoms with E-state index in [0.29, 0.717) is 40.8 Å². The summed E-state index contributed by atoms with van der Waals surface area (Å²) in [6, 6.07) is 6.50. The van der Waals surface area contributed by atoms with E-state index in [9.17, 15) is 8.42 Å². The van der Waals surface area contributed by atoms with Gasteiger partial charge in [0.15, 0.2) is 0 Å². The molecule has 28 heavy (non-hydrogen) atoms. The summed E-state index contributed by atoms with van der Waals surface area (Å²) < 4.78 is 40.1. The maximum atomic E-state index is 13.0. The molecule has 0 aliphatic carbocycles. The Bertz CT molecular complexity index is 986. The van der Waals surface area contributed by atoms with Crippen LogP contribution in [0, 0.1) is 6.92 Å². The number of ether oxygens (including phenoxy) is 2. The van der Waals surface area contributed by atoms with Crippen LogP contribution in [0.5, 0.6) is 11.5 Å². The lowest BCUT2D eigenvalue weighted by atomic mass is 10.00. The van der Waals surface area contributed by atoms with Crippen LogP contribution in [0.2, 0.25) is 10.0 Å². The number of hydrogen-bond donors (Lipinski definition) is 1. The summed E-state index contributed by atoms with van der Waals surface area (Å²) in [5.41, 5.74) is 1.63. The molecule has 0 aromatic heterocycles. The number of hydrogen-bond acceptors (Lipinski definition) is 5. The molecule has 3 rings (SSSR count). The second kappa shape index (κ2) is 7.99. The Morgan fingerprint density at radius 2 is 1.96 bits per heavy atom. The van der Waals surface area contributed by atoms with Crippen molar-refractivity contribution in [3.05, 3.63) is 45.4 Å². The molecule has 0 unspecified atom stereocenters. The molecule has 0 bridgehead atoms. The number of nitrogens with zero attached hydrogens (tertiary/aromatic N) is 1. The highest BCUT2D eigenvalue weighted by atomic mass is 35.5. The van der Waals surface area contributed by atoms with Gasteiger partial charge in [0.1, 0.15) is 23.0 Å². The van der Waals surface area contributed by atoms with Crippen LogP contribution in [0.15, 0.2) is 29.2 Å². The minimum atomic E-state index is -3.95. The first kappa shape index (κ1) is 21.0. The van der Waals surface area contributed by atoms with Gasteiger partial charge in [0.05, 0.1) is 17.8 Å². The molecule has 1 N–H and O–H groups in total. The second-order valence-corrected chi connectivity index (χ2v) is 9.36. The van der Waals surface area contributed by atoms with Crippen molar-refractivity contribution in [1.82, 2.24) is 4.90 Å². The first-order valence-electron chi connectivity index (χ1n) is 8.61. The van der Waals surface area contributed by atoms with E-state index in [2.05, 4.69) is 9.62 Å². The van der Waals surface area contributed by atoms with Crippen LogP contribution in [0.25, 0.3) is 0 Å². The van der Waals surface area contributed by atoms with Crippen LogP contribution < -0.4 is 14.2 Å². The maximum Gasteiger partial charge on any atom is 0.263 e. The van der Waals surface area contributed by atoms with Gasteiger partial charge in [-0.2, -0.15) is 0 Å². The number of sulfonamides is 1. The Kier molecular flexibility index (Phi) is 6.00. The number of anilines is 1. The van der Waals surface area contributed by atoms with Crippen molar-refractivity contribution >= 4 is 38.9 Å². The van der Waals surface area contributed by atoms with E-state index in [0.717, 1.165) is 5.56 Å². The maximum absolute atomic E-state index is 13.0. The average molecular weight is 445 g/mol. The van der Waals surface area contributed by atoms with Gasteiger partial charge in [-0.1, -0.05) is 23.2 Å². The van der Waals surface area contributed by atoms with Gasteiger partial charge in [0, 0.05) is 16.6 Å². The predicted octanol–water partition coefficient (Wildman–Crippen LogP) is 3.98. The Balaban J connectivity index is 2.03. The number of methoxy groups -OCH3 is 1. The first-order valence-corrected chi connectivity index (χ1v) is 10.9. The summed E-state index contributed by atoms with van der Waals surface area (Å²) in [6.45, 7) is 2.09. The zero-order valence-electron chi connectivity index (χ0n) is 16.0. The third-order valence-corrected chi connectivity index (χ3v) is 6.93. The van der Waals surface area contributed by atoms with Gasteiger partial charge < -0.3 is 14.4 Å². The highest BCUT2D eigenvalue weighted by Gasteiger charge is 2.29. The molecule has 1 aliphatic rings. The van der Waals surface area contributed by atoms with Crippen LogP contribution in [-0.4, -0.2) is 47.2 Å². The summed E-state index contributed by atoms with van der Waals surface area (Å²) >= 11 is 12.1. The minimum absolute atomic E-state index is 0.00916. The van der Waals surface area contributed by atoms with Crippen molar-refractivity contribution in [2.24, 2.45) is 0 Å². The summed E-state index contributed by atoms with van der Waals surface area (Å²) in [5, 5.41) is 0.440. The molecule has 0 fully saturated rings. The first-order chi connectivity index (χ1) is 13.1. The van der Waals surface area contributed by atoms with Crippen LogP contribution in [0.3, 0.4) is 0 Å². The largest absolute Gasteiger partial charge is 0.496 e. The molecule has 6 nitrogen and oxygen atoms in total. The highest BCUT2D eigenvalue weighted by Crippen LogP contribution is 2.41. The lowest BCUT2D eigenvalue weighted by molar-refractivity contribution is 0.164. The molecular formula is C19H22Cl2N2O4S. The zero-order chi connectivity index (χ0) is 20.6. The summed E-state index contributed by atoms with van der Waals surface area (Å²) in [4.78, 5) is 2.06. The standard InChI is InChI=1S/C19H22Cl2N2O4S/c1-11-7-12(20)8-15(21)19(11)28(24,25)22-16-5-6-17(26-4)14-9-13(23(2)3)10-27-18(14)16/h5-8,13,22H,9-10H2,1-4H3/t13-/m1/s1. The van der Waals surface area contributed by atoms with Crippen molar-refractivity contribution in [2.45, 2.75) is 24.3 Å². The lowest BCUT2D eigenvalue weighted by Gasteiger charge is -2.32. The molecular weight excluding hydrogens is 423 g/mol. The SMILES string of the molecule is COc1ccc(NS(=O)(=O)c2c(C)cc(Cl)cc2Cl)c2c1C[C@@H](N(C)C)CO2. The molecule has 1 aliphatic heterocycles. The lowest BCUT2D eigenvalue weighted by Crippen LogP contribution is -2.38. The van der Waals surface area contributed by atoms with Crippen molar-refractivity contribution in [2.75, 3.05) is 32.5 Å². The van der Waals surface area contributed by atoms with Gasteiger partial charge in [-0.25, -0.2) is 8.42 Å². The number of likely N-dealkylation sites (N-methyl/N-ethyl adjacent to an activating group) is 1. The Morgan fingerprint density at radius 3 is 2.57 bits per heavy atom. The molecule has 2 aromatic rings. The Morgan fingerprint density at radius 1 is 1.25 bits per heavy atom. The summed E-state index contributed by atoms with van der Waals surface area (Å²) in [6.07, 6.45) is 0.682. The summed E-state index contributed by atoms with van der Waals surface area (Å²) in [5.74, 6) is 1.13. The van der Waals surface area contributed by atoms with E-state index >= 15 is 0 Å². The zero-order valence-corrected chi connectivity index (χ0v) is 18.4. The van der Waals surface area contributed by atoms with E-state index in [-0.39, 0.29) is 16.0 Å². The molecule has 9 heteroatoms. The van der Waals surface area contributed by atoms with Gasteiger partial charge in [-0.05, 0) is 57.3 Å². The van der Waals surface area contributed by atoms with E-state index in [1.807, 2.05) is 14.1 Å². The van der Waals surface area contributed by atoms with E-state index in [1.54, 1.807) is 32.2 Å². The Hall–Kier alpha value is -1.67. The van der Waals surface area contributed by atoms with Gasteiger partial charge in [0.2, 0.25) is 0 Å². The topological polar surface area (TPSA) is 67.9 Å². The number of benzene rings is 2. The van der Waals surface area contributed by atoms with Crippen molar-refractivity contribution in [3.8, 4) is 11.5 Å². The van der Waals surface area contributed by atoms with Crippen molar-refractivity contribution < 1.29 is 17.9 Å². The molecule has 0 saturated carbocycles. The van der Waals surface area contributed by atoms with E-state index < -0.39 is 10.0 Å². The molecule has 2 aromatic carbocycles. The second-order valence-electron chi connectivity index (χ2n) is 6.89. The quantitative estimate of drug-likeness (QED) is 0.754. The normalized spacial score (nSPS) is 16.5. The number of aryl methyl sites for hydroxylation is 1. The molecule has 0 spiro atoms. The molecule has 152 valence electrons. The van der Waals surface area contributed by atoms with Crippen LogP contribution >= 0.6 is 23.2 Å². The van der Waals surface area contributed by atoms with Gasteiger partial charge in [-0.15, -0.1) is 0 Å². The van der Waals surface area contributed by atoms with Crippen molar-refractivity contribution in [1.29, 1.82) is 0 Å². The third-order valence-electron chi connectivity index (χ3n) is 4.73. The van der Waals surface area contributed by atoms with Crippen LogP contribution in [0.4, 0.5) is 5.69 Å². The fourth-order valence-corrected chi connectivity index (χ4v) is 5.52. The Labute approximate surface area is 175 Å². The average Bonchev–Trinajstić information content (AvgIpc) is 2.60. The molecule has 0 saturated heterocycles. The fraction of sp³-hybridized carbons (Fsp3) is 0.368. The fourth-order valence-electron chi connectivity index (χ4n) is 3.27. The smallest absolute Gasteiger partial charge is 0.263 e. The molecule has 0 amide bonds. The van der Waals surface area contributed by atoms with Gasteiger partial charge in [-0.3, -0.25) is 4.72 Å². The van der Waals surface area contributed by atoms with Crippen LogP contribution in [-0.2, 0) is 16.4 Å². The van der Waals surface area contributed by atoms with Crippen LogP contribution in [0.1, 0.15) is 11.1 Å².